The predicted molar refractivity (Wildman–Crippen MR) is 180 cm³/mol. The number of rotatable bonds is 3. The van der Waals surface area contributed by atoms with E-state index >= 15 is 0 Å². The lowest BCUT2D eigenvalue weighted by atomic mass is 9.88. The van der Waals surface area contributed by atoms with Gasteiger partial charge >= 0.3 is 0 Å². The van der Waals surface area contributed by atoms with E-state index in [0.29, 0.717) is 0 Å². The summed E-state index contributed by atoms with van der Waals surface area (Å²) in [4.78, 5) is 5.19. The van der Waals surface area contributed by atoms with E-state index in [1.807, 2.05) is 11.3 Å². The van der Waals surface area contributed by atoms with Crippen LogP contribution in [0.4, 0.5) is 0 Å². The highest BCUT2D eigenvalue weighted by atomic mass is 32.1. The van der Waals surface area contributed by atoms with E-state index in [1.54, 1.807) is 0 Å². The van der Waals surface area contributed by atoms with E-state index in [1.165, 1.54) is 58.5 Å². The molecule has 0 saturated heterocycles. The molecule has 0 aliphatic rings. The molecule has 9 rings (SSSR count). The van der Waals surface area contributed by atoms with Crippen LogP contribution in [0.1, 0.15) is 0 Å². The number of imidazole rings is 1. The maximum Gasteiger partial charge on any atom is 0.145 e. The van der Waals surface area contributed by atoms with Gasteiger partial charge in [0, 0.05) is 36.5 Å². The first-order valence-corrected chi connectivity index (χ1v) is 15.1. The minimum absolute atomic E-state index is 0.950. The summed E-state index contributed by atoms with van der Waals surface area (Å²) in [5.41, 5.74) is 6.92. The first kappa shape index (κ1) is 23.5. The van der Waals surface area contributed by atoms with Crippen molar-refractivity contribution in [1.82, 2.24) is 9.55 Å². The third-order valence-electron chi connectivity index (χ3n) is 8.39. The number of fused-ring (bicyclic) bond motifs is 6. The number of thiophene rings is 1. The molecular formula is C39H24N2S. The number of nitrogens with zero attached hydrogens (tertiary/aromatic N) is 2. The van der Waals surface area contributed by atoms with Crippen molar-refractivity contribution < 1.29 is 0 Å². The zero-order valence-electron chi connectivity index (χ0n) is 22.7. The molecule has 42 heavy (non-hydrogen) atoms. The maximum atomic E-state index is 5.19. The van der Waals surface area contributed by atoms with Crippen LogP contribution in [0.5, 0.6) is 0 Å². The first-order chi connectivity index (χ1) is 20.9. The lowest BCUT2D eigenvalue weighted by Crippen LogP contribution is -2.01. The van der Waals surface area contributed by atoms with Gasteiger partial charge in [-0.3, -0.25) is 4.57 Å². The van der Waals surface area contributed by atoms with Crippen LogP contribution in [-0.2, 0) is 0 Å². The van der Waals surface area contributed by atoms with E-state index in [2.05, 4.69) is 150 Å². The Hall–Kier alpha value is -5.25. The number of hydrogen-bond acceptors (Lipinski definition) is 2. The molecule has 3 heteroatoms. The molecule has 196 valence electrons. The highest BCUT2D eigenvalue weighted by Gasteiger charge is 2.22. The zero-order chi connectivity index (χ0) is 27.6. The minimum Gasteiger partial charge on any atom is -0.291 e. The minimum atomic E-state index is 0.950. The fourth-order valence-electron chi connectivity index (χ4n) is 6.65. The maximum absolute atomic E-state index is 5.19. The number of hydrogen-bond donors (Lipinski definition) is 0. The fourth-order valence-corrected chi connectivity index (χ4v) is 7.78. The van der Waals surface area contributed by atoms with Crippen LogP contribution >= 0.6 is 11.3 Å². The second-order valence-corrected chi connectivity index (χ2v) is 11.8. The molecule has 0 aliphatic carbocycles. The summed E-state index contributed by atoms with van der Waals surface area (Å²) < 4.78 is 5.01. The molecule has 2 nitrogen and oxygen atoms in total. The molecule has 0 radical (unpaired) electrons. The van der Waals surface area contributed by atoms with Gasteiger partial charge in [0.1, 0.15) is 5.82 Å². The molecule has 0 saturated carbocycles. The van der Waals surface area contributed by atoms with Crippen LogP contribution in [0.15, 0.2) is 146 Å². The average Bonchev–Trinajstić information content (AvgIpc) is 3.63. The molecule has 9 aromatic rings. The van der Waals surface area contributed by atoms with Crippen LogP contribution in [0.3, 0.4) is 0 Å². The van der Waals surface area contributed by atoms with Gasteiger partial charge in [-0.15, -0.1) is 11.3 Å². The average molecular weight is 553 g/mol. The van der Waals surface area contributed by atoms with Gasteiger partial charge in [-0.25, -0.2) is 4.98 Å². The van der Waals surface area contributed by atoms with Crippen molar-refractivity contribution in [1.29, 1.82) is 0 Å². The van der Waals surface area contributed by atoms with Gasteiger partial charge in [0.15, 0.2) is 0 Å². The Morgan fingerprint density at radius 2 is 1.07 bits per heavy atom. The number of para-hydroxylation sites is 2. The smallest absolute Gasteiger partial charge is 0.145 e. The Bertz CT molecular complexity index is 2410. The highest BCUT2D eigenvalue weighted by Crippen LogP contribution is 2.47. The van der Waals surface area contributed by atoms with Crippen LogP contribution in [0, 0.1) is 0 Å². The van der Waals surface area contributed by atoms with Gasteiger partial charge in [-0.05, 0) is 46.2 Å². The van der Waals surface area contributed by atoms with E-state index in [-0.39, 0.29) is 0 Å². The van der Waals surface area contributed by atoms with E-state index in [0.717, 1.165) is 22.4 Å². The summed E-state index contributed by atoms with van der Waals surface area (Å²) in [5, 5.41) is 7.55. The molecule has 0 aliphatic heterocycles. The first-order valence-electron chi connectivity index (χ1n) is 14.2. The predicted octanol–water partition coefficient (Wildman–Crippen LogP) is 11.0. The second-order valence-electron chi connectivity index (χ2n) is 10.7. The molecule has 2 heterocycles. The molecule has 2 aromatic heterocycles. The van der Waals surface area contributed by atoms with Crippen molar-refractivity contribution in [2.45, 2.75) is 0 Å². The highest BCUT2D eigenvalue weighted by molar-refractivity contribution is 7.25. The number of aromatic nitrogens is 2. The normalized spacial score (nSPS) is 11.8. The molecule has 0 amide bonds. The molecule has 0 N–H and O–H groups in total. The SMILES string of the molecule is c1ccc(-c2nc3ccccc3n2-c2c3ccccc3c(-c3cccc4sc5ccccc5c34)c3ccccc23)cc1. The Morgan fingerprint density at radius 3 is 1.83 bits per heavy atom. The Morgan fingerprint density at radius 1 is 0.476 bits per heavy atom. The molecular weight excluding hydrogens is 529 g/mol. The lowest BCUT2D eigenvalue weighted by Gasteiger charge is -2.20. The molecule has 0 bridgehead atoms. The summed E-state index contributed by atoms with van der Waals surface area (Å²) >= 11 is 1.87. The van der Waals surface area contributed by atoms with Crippen molar-refractivity contribution in [2.24, 2.45) is 0 Å². The van der Waals surface area contributed by atoms with E-state index in [4.69, 9.17) is 4.98 Å². The van der Waals surface area contributed by atoms with Crippen molar-refractivity contribution >= 4 is 64.1 Å². The van der Waals surface area contributed by atoms with Crippen LogP contribution in [0.2, 0.25) is 0 Å². The third-order valence-corrected chi connectivity index (χ3v) is 9.53. The van der Waals surface area contributed by atoms with Crippen LogP contribution in [0.25, 0.3) is 81.0 Å². The Kier molecular flexibility index (Phi) is 5.10. The van der Waals surface area contributed by atoms with Gasteiger partial charge in [0.2, 0.25) is 0 Å². The second kappa shape index (κ2) is 9.13. The molecule has 7 aromatic carbocycles. The number of benzene rings is 7. The quantitative estimate of drug-likeness (QED) is 0.199. The van der Waals surface area contributed by atoms with Gasteiger partial charge in [0.25, 0.3) is 0 Å². The largest absolute Gasteiger partial charge is 0.291 e. The Labute approximate surface area is 246 Å². The summed E-state index contributed by atoms with van der Waals surface area (Å²) in [5.74, 6) is 0.950. The van der Waals surface area contributed by atoms with Crippen molar-refractivity contribution in [3.05, 3.63) is 146 Å². The zero-order valence-corrected chi connectivity index (χ0v) is 23.5. The Balaban J connectivity index is 1.48. The molecule has 0 atom stereocenters. The monoisotopic (exact) mass is 552 g/mol. The van der Waals surface area contributed by atoms with Gasteiger partial charge < -0.3 is 0 Å². The molecule has 0 unspecified atom stereocenters. The van der Waals surface area contributed by atoms with E-state index < -0.39 is 0 Å². The van der Waals surface area contributed by atoms with Crippen molar-refractivity contribution in [3.8, 4) is 28.2 Å². The molecule has 0 fully saturated rings. The van der Waals surface area contributed by atoms with Gasteiger partial charge in [0.05, 0.1) is 16.7 Å². The van der Waals surface area contributed by atoms with Crippen molar-refractivity contribution in [3.63, 3.8) is 0 Å². The summed E-state index contributed by atoms with van der Waals surface area (Å²) in [6.45, 7) is 0. The van der Waals surface area contributed by atoms with Gasteiger partial charge in [-0.1, -0.05) is 121 Å². The summed E-state index contributed by atoms with van der Waals surface area (Å²) in [6, 6.07) is 52.3. The third kappa shape index (κ3) is 3.35. The molecule has 0 spiro atoms. The lowest BCUT2D eigenvalue weighted by molar-refractivity contribution is 1.13. The summed E-state index contributed by atoms with van der Waals surface area (Å²) in [7, 11) is 0. The summed E-state index contributed by atoms with van der Waals surface area (Å²) in [6.07, 6.45) is 0. The topological polar surface area (TPSA) is 17.8 Å². The van der Waals surface area contributed by atoms with Crippen molar-refractivity contribution in [2.75, 3.05) is 0 Å². The van der Waals surface area contributed by atoms with Crippen LogP contribution in [-0.4, -0.2) is 9.55 Å². The standard InChI is InChI=1S/C39H24N2S/c1-2-13-25(14-3-1)39-40-32-21-9-10-22-33(32)41(39)38-28-17-6-4-15-26(28)36(27-16-5-7-18-29(27)38)31-20-12-24-35-37(31)30-19-8-11-23-34(30)42-35/h1-24H. The van der Waals surface area contributed by atoms with Crippen LogP contribution < -0.4 is 0 Å². The van der Waals surface area contributed by atoms with E-state index in [9.17, 15) is 0 Å². The fraction of sp³-hybridized carbons (Fsp3) is 0. The van der Waals surface area contributed by atoms with Gasteiger partial charge in [-0.2, -0.15) is 0 Å².